The number of amides is 2. The number of aryl methyl sites for hydroxylation is 1. The molecule has 0 bridgehead atoms. The van der Waals surface area contributed by atoms with Gasteiger partial charge in [-0.25, -0.2) is 0 Å². The van der Waals surface area contributed by atoms with E-state index in [2.05, 4.69) is 10.3 Å². The lowest BCUT2D eigenvalue weighted by atomic mass is 9.82. The number of aliphatic hydroxyl groups excluding tert-OH is 1. The molecule has 0 saturated heterocycles. The molecule has 0 spiro atoms. The molecule has 0 fully saturated rings. The Labute approximate surface area is 288 Å². The monoisotopic (exact) mass is 672 g/mol. The van der Waals surface area contributed by atoms with E-state index in [1.54, 1.807) is 42.1 Å². The Balaban J connectivity index is 1.21. The van der Waals surface area contributed by atoms with Crippen LogP contribution in [0.4, 0.5) is 22.7 Å². The molecule has 6 rings (SSSR count). The van der Waals surface area contributed by atoms with Crippen LogP contribution in [0.1, 0.15) is 41.6 Å². The molecule has 0 saturated carbocycles. The van der Waals surface area contributed by atoms with Crippen molar-refractivity contribution in [3.05, 3.63) is 154 Å². The molecule has 0 aliphatic carbocycles. The third-order valence-corrected chi connectivity index (χ3v) is 9.04. The lowest BCUT2D eigenvalue weighted by Crippen LogP contribution is -2.44. The summed E-state index contributed by atoms with van der Waals surface area (Å²) in [7, 11) is 0. The highest BCUT2D eigenvalue weighted by Gasteiger charge is 2.53. The normalized spacial score (nSPS) is 16.7. The maximum absolute atomic E-state index is 14.1. The molecule has 1 unspecified atom stereocenters. The predicted octanol–water partition coefficient (Wildman–Crippen LogP) is 5.62. The Bertz CT molecular complexity index is 2020. The number of aromatic nitrogens is 3. The fourth-order valence-electron chi connectivity index (χ4n) is 6.34. The molecule has 1 aliphatic rings. The van der Waals surface area contributed by atoms with Crippen LogP contribution >= 0.6 is 0 Å². The van der Waals surface area contributed by atoms with Crippen LogP contribution in [0.3, 0.4) is 0 Å². The van der Waals surface area contributed by atoms with Gasteiger partial charge < -0.3 is 15.1 Å². The van der Waals surface area contributed by atoms with E-state index in [-0.39, 0.29) is 30.3 Å². The second-order valence-corrected chi connectivity index (χ2v) is 12.2. The number of allylic oxidation sites excluding steroid dienone is 1. The second-order valence-electron chi connectivity index (χ2n) is 12.2. The van der Waals surface area contributed by atoms with Crippen molar-refractivity contribution in [3.8, 4) is 0 Å². The minimum Gasteiger partial charge on any atom is -0.395 e. The zero-order chi connectivity index (χ0) is 35.3. The Morgan fingerprint density at radius 3 is 2.40 bits per heavy atom. The maximum atomic E-state index is 14.1. The molecule has 2 amide bonds. The van der Waals surface area contributed by atoms with Gasteiger partial charge in [0.2, 0.25) is 6.41 Å². The standard InChI is InChI=1S/C38H36N6O6/c1-27(11-8-9-20-41-24-35(39-40-41)33(25-45)29-13-4-2-5-14-29)38(48)34-22-32(44(49)50)18-19-36(34)42(37(38)47)23-28-12-10-17-31(21-28)43(26-46)30-15-6-3-7-16-30/h2-8,10-19,21-22,24,26-27,33,45,48H,9,20,23,25H2,1H3/b11-8+/t27-,33?,38+/m1/s1. The number of para-hydroxylation sites is 1. The number of aliphatic hydroxyl groups is 2. The average molecular weight is 673 g/mol. The first kappa shape index (κ1) is 33.9. The molecule has 12 heteroatoms. The number of carbonyl (C=O) groups is 2. The molecule has 1 aromatic heterocycles. The van der Waals surface area contributed by atoms with Crippen molar-refractivity contribution in [1.29, 1.82) is 0 Å². The summed E-state index contributed by atoms with van der Waals surface area (Å²) >= 11 is 0. The number of benzene rings is 4. The van der Waals surface area contributed by atoms with Crippen molar-refractivity contribution in [2.45, 2.75) is 38.0 Å². The van der Waals surface area contributed by atoms with Crippen LogP contribution in [0.25, 0.3) is 0 Å². The fourth-order valence-corrected chi connectivity index (χ4v) is 6.34. The van der Waals surface area contributed by atoms with E-state index in [0.29, 0.717) is 41.3 Å². The molecule has 254 valence electrons. The van der Waals surface area contributed by atoms with Crippen LogP contribution in [0.2, 0.25) is 0 Å². The number of nitro groups is 1. The zero-order valence-corrected chi connectivity index (χ0v) is 27.3. The minimum absolute atomic E-state index is 0.0597. The lowest BCUT2D eigenvalue weighted by Gasteiger charge is -2.27. The topological polar surface area (TPSA) is 155 Å². The molecular formula is C38H36N6O6. The summed E-state index contributed by atoms with van der Waals surface area (Å²) in [4.78, 5) is 40.3. The Morgan fingerprint density at radius 1 is 0.980 bits per heavy atom. The fraction of sp³-hybridized carbons (Fsp3) is 0.211. The lowest BCUT2D eigenvalue weighted by molar-refractivity contribution is -0.385. The number of rotatable bonds is 14. The number of carbonyl (C=O) groups excluding carboxylic acids is 2. The first-order chi connectivity index (χ1) is 24.2. The number of nitrogens with zero attached hydrogens (tertiary/aromatic N) is 6. The largest absolute Gasteiger partial charge is 0.395 e. The quantitative estimate of drug-likeness (QED) is 0.0667. The van der Waals surface area contributed by atoms with Gasteiger partial charge in [-0.1, -0.05) is 85.0 Å². The van der Waals surface area contributed by atoms with Gasteiger partial charge in [0.25, 0.3) is 11.6 Å². The third kappa shape index (κ3) is 6.66. The van der Waals surface area contributed by atoms with Gasteiger partial charge in [0.15, 0.2) is 5.60 Å². The molecule has 2 N–H and O–H groups in total. The number of non-ortho nitro benzene ring substituents is 1. The molecule has 12 nitrogen and oxygen atoms in total. The van der Waals surface area contributed by atoms with Crippen LogP contribution in [-0.4, -0.2) is 49.1 Å². The highest BCUT2D eigenvalue weighted by atomic mass is 16.6. The molecule has 0 radical (unpaired) electrons. The van der Waals surface area contributed by atoms with Gasteiger partial charge in [0.05, 0.1) is 35.4 Å². The van der Waals surface area contributed by atoms with Crippen molar-refractivity contribution in [3.63, 3.8) is 0 Å². The summed E-state index contributed by atoms with van der Waals surface area (Å²) in [6, 6.07) is 29.9. The Hall–Kier alpha value is -5.98. The second kappa shape index (κ2) is 14.6. The van der Waals surface area contributed by atoms with Gasteiger partial charge in [-0.05, 0) is 47.9 Å². The van der Waals surface area contributed by atoms with Gasteiger partial charge in [0, 0.05) is 47.7 Å². The smallest absolute Gasteiger partial charge is 0.269 e. The molecule has 5 aromatic rings. The van der Waals surface area contributed by atoms with Crippen molar-refractivity contribution in [1.82, 2.24) is 15.0 Å². The molecule has 1 aliphatic heterocycles. The van der Waals surface area contributed by atoms with E-state index in [1.165, 1.54) is 28.0 Å². The molecule has 4 aromatic carbocycles. The predicted molar refractivity (Wildman–Crippen MR) is 188 cm³/mol. The number of nitro benzene ring substituents is 1. The minimum atomic E-state index is -2.07. The van der Waals surface area contributed by atoms with E-state index in [0.717, 1.165) is 12.0 Å². The summed E-state index contributed by atoms with van der Waals surface area (Å²) in [5.74, 6) is -1.66. The van der Waals surface area contributed by atoms with Gasteiger partial charge in [-0.2, -0.15) is 0 Å². The highest BCUT2D eigenvalue weighted by Crippen LogP contribution is 2.47. The van der Waals surface area contributed by atoms with Gasteiger partial charge in [0.1, 0.15) is 0 Å². The summed E-state index contributed by atoms with van der Waals surface area (Å²) in [5, 5.41) is 42.3. The van der Waals surface area contributed by atoms with Crippen molar-refractivity contribution in [2.24, 2.45) is 5.92 Å². The highest BCUT2D eigenvalue weighted by molar-refractivity contribution is 6.07. The number of hydrogen-bond donors (Lipinski definition) is 2. The van der Waals surface area contributed by atoms with E-state index in [9.17, 15) is 29.9 Å². The van der Waals surface area contributed by atoms with Crippen molar-refractivity contribution in [2.75, 3.05) is 16.4 Å². The SMILES string of the molecule is C[C@H](/C=C/CCn1cc(C(CO)c2ccccc2)nn1)[C@@]1(O)C(=O)N(Cc2cccc(N(C=O)c3ccccc3)c2)c2ccc([N+](=O)[O-])cc21. The number of anilines is 3. The van der Waals surface area contributed by atoms with Gasteiger partial charge >= 0.3 is 0 Å². The van der Waals surface area contributed by atoms with E-state index < -0.39 is 22.3 Å². The third-order valence-electron chi connectivity index (χ3n) is 9.04. The molecule has 50 heavy (non-hydrogen) atoms. The average Bonchev–Trinajstić information content (AvgIpc) is 3.69. The first-order valence-electron chi connectivity index (χ1n) is 16.2. The van der Waals surface area contributed by atoms with Gasteiger partial charge in [-0.15, -0.1) is 5.10 Å². The summed E-state index contributed by atoms with van der Waals surface area (Å²) < 4.78 is 1.67. The van der Waals surface area contributed by atoms with E-state index in [1.807, 2.05) is 72.8 Å². The van der Waals surface area contributed by atoms with E-state index >= 15 is 0 Å². The zero-order valence-electron chi connectivity index (χ0n) is 27.3. The van der Waals surface area contributed by atoms with Crippen molar-refractivity contribution >= 4 is 35.1 Å². The summed E-state index contributed by atoms with van der Waals surface area (Å²) in [6.45, 7) is 2.10. The van der Waals surface area contributed by atoms with Crippen LogP contribution in [0.5, 0.6) is 0 Å². The van der Waals surface area contributed by atoms with Gasteiger partial charge in [-0.3, -0.25) is 29.3 Å². The maximum Gasteiger partial charge on any atom is 0.269 e. The Kier molecular flexibility index (Phi) is 9.93. The van der Waals surface area contributed by atoms with Crippen molar-refractivity contribution < 1.29 is 24.7 Å². The Morgan fingerprint density at radius 2 is 1.70 bits per heavy atom. The first-order valence-corrected chi connectivity index (χ1v) is 16.2. The number of fused-ring (bicyclic) bond motifs is 1. The molecule has 2 heterocycles. The molecular weight excluding hydrogens is 636 g/mol. The van der Waals surface area contributed by atoms with Crippen LogP contribution in [-0.2, 0) is 28.3 Å². The summed E-state index contributed by atoms with van der Waals surface area (Å²) in [6.07, 6.45) is 6.56. The van der Waals surface area contributed by atoms with E-state index in [4.69, 9.17) is 0 Å². The van der Waals surface area contributed by atoms with Crippen LogP contribution in [0, 0.1) is 16.0 Å². The van der Waals surface area contributed by atoms with Crippen LogP contribution in [0.15, 0.2) is 121 Å². The molecule has 3 atom stereocenters. The van der Waals surface area contributed by atoms with Crippen LogP contribution < -0.4 is 9.80 Å². The summed E-state index contributed by atoms with van der Waals surface area (Å²) in [5.41, 5.74) is 1.76. The number of hydrogen-bond acceptors (Lipinski definition) is 8.